The monoisotopic (exact) mass is 486 g/mol. The second-order valence-electron chi connectivity index (χ2n) is 8.99. The number of ether oxygens (including phenoxy) is 1. The Morgan fingerprint density at radius 1 is 1.00 bits per heavy atom. The SMILES string of the molecule is Cc1ccc2c(c1)N(Cc1cccc(C(=O)N3CCN(c4ccc([N+](=O)[O-])cc4)CC3)c1)C(=O)CO2. The summed E-state index contributed by atoms with van der Waals surface area (Å²) in [6.45, 7) is 4.70. The van der Waals surface area contributed by atoms with Gasteiger partial charge >= 0.3 is 0 Å². The Morgan fingerprint density at radius 3 is 2.47 bits per heavy atom. The largest absolute Gasteiger partial charge is 0.482 e. The van der Waals surface area contributed by atoms with Gasteiger partial charge in [-0.3, -0.25) is 19.7 Å². The molecule has 0 radical (unpaired) electrons. The third kappa shape index (κ3) is 4.72. The number of aryl methyl sites for hydroxylation is 1. The van der Waals surface area contributed by atoms with Crippen LogP contribution in [0, 0.1) is 17.0 Å². The van der Waals surface area contributed by atoms with Gasteiger partial charge in [-0.2, -0.15) is 0 Å². The van der Waals surface area contributed by atoms with E-state index in [2.05, 4.69) is 4.90 Å². The second kappa shape index (κ2) is 9.69. The number of rotatable bonds is 5. The van der Waals surface area contributed by atoms with Crippen molar-refractivity contribution in [2.75, 3.05) is 42.6 Å². The Kier molecular flexibility index (Phi) is 6.28. The molecule has 0 unspecified atom stereocenters. The van der Waals surface area contributed by atoms with Gasteiger partial charge in [-0.25, -0.2) is 0 Å². The van der Waals surface area contributed by atoms with Crippen molar-refractivity contribution in [1.29, 1.82) is 0 Å². The Bertz CT molecular complexity index is 1320. The standard InChI is InChI=1S/C27H26N4O5/c1-19-5-10-25-24(15-19)30(26(32)18-36-25)17-20-3-2-4-21(16-20)27(33)29-13-11-28(12-14-29)22-6-8-23(9-7-22)31(34)35/h2-10,15-16H,11-14,17-18H2,1H3. The molecule has 0 atom stereocenters. The third-order valence-corrected chi connectivity index (χ3v) is 6.56. The van der Waals surface area contributed by atoms with Crippen molar-refractivity contribution in [3.8, 4) is 5.75 Å². The van der Waals surface area contributed by atoms with Gasteiger partial charge in [0.25, 0.3) is 17.5 Å². The zero-order valence-corrected chi connectivity index (χ0v) is 19.9. The topological polar surface area (TPSA) is 96.2 Å². The van der Waals surface area contributed by atoms with Crippen molar-refractivity contribution in [2.24, 2.45) is 0 Å². The molecule has 0 aromatic heterocycles. The molecule has 2 amide bonds. The van der Waals surface area contributed by atoms with Crippen molar-refractivity contribution in [3.63, 3.8) is 0 Å². The highest BCUT2D eigenvalue weighted by Gasteiger charge is 2.27. The van der Waals surface area contributed by atoms with Crippen LogP contribution in [0.15, 0.2) is 66.7 Å². The molecule has 1 saturated heterocycles. The van der Waals surface area contributed by atoms with E-state index in [1.165, 1.54) is 12.1 Å². The van der Waals surface area contributed by atoms with Crippen molar-refractivity contribution in [1.82, 2.24) is 4.90 Å². The maximum Gasteiger partial charge on any atom is 0.269 e. The van der Waals surface area contributed by atoms with Crippen molar-refractivity contribution < 1.29 is 19.2 Å². The predicted molar refractivity (Wildman–Crippen MR) is 136 cm³/mol. The number of anilines is 2. The van der Waals surface area contributed by atoms with Crippen LogP contribution in [0.5, 0.6) is 5.75 Å². The minimum Gasteiger partial charge on any atom is -0.482 e. The summed E-state index contributed by atoms with van der Waals surface area (Å²) in [4.78, 5) is 42.0. The maximum absolute atomic E-state index is 13.2. The Labute approximate surface area is 208 Å². The molecule has 1 fully saturated rings. The van der Waals surface area contributed by atoms with Gasteiger partial charge in [-0.1, -0.05) is 18.2 Å². The molecule has 184 valence electrons. The molecule has 0 saturated carbocycles. The first-order chi connectivity index (χ1) is 17.4. The lowest BCUT2D eigenvalue weighted by atomic mass is 10.1. The van der Waals surface area contributed by atoms with E-state index < -0.39 is 4.92 Å². The Morgan fingerprint density at radius 2 is 1.75 bits per heavy atom. The molecular weight excluding hydrogens is 460 g/mol. The number of carbonyl (C=O) groups is 2. The minimum absolute atomic E-state index is 0.00623. The quantitative estimate of drug-likeness (QED) is 0.402. The molecule has 2 heterocycles. The molecule has 2 aliphatic heterocycles. The van der Waals surface area contributed by atoms with Crippen LogP contribution in [0.2, 0.25) is 0 Å². The number of nitro benzene ring substituents is 1. The van der Waals surface area contributed by atoms with Gasteiger partial charge in [0.15, 0.2) is 6.61 Å². The molecule has 2 aliphatic rings. The average molecular weight is 487 g/mol. The van der Waals surface area contributed by atoms with Gasteiger partial charge in [0.05, 0.1) is 17.2 Å². The van der Waals surface area contributed by atoms with Crippen LogP contribution in [0.4, 0.5) is 17.1 Å². The van der Waals surface area contributed by atoms with Crippen molar-refractivity contribution in [3.05, 3.63) is 93.5 Å². The lowest BCUT2D eigenvalue weighted by Gasteiger charge is -2.36. The maximum atomic E-state index is 13.2. The van der Waals surface area contributed by atoms with Gasteiger partial charge in [-0.15, -0.1) is 0 Å². The molecule has 5 rings (SSSR count). The number of piperazine rings is 1. The van der Waals surface area contributed by atoms with E-state index in [1.54, 1.807) is 23.1 Å². The summed E-state index contributed by atoms with van der Waals surface area (Å²) in [6.07, 6.45) is 0. The number of nitrogens with zero attached hydrogens (tertiary/aromatic N) is 4. The van der Waals surface area contributed by atoms with Gasteiger partial charge in [0.2, 0.25) is 0 Å². The molecular formula is C27H26N4O5. The molecule has 0 aliphatic carbocycles. The summed E-state index contributed by atoms with van der Waals surface area (Å²) in [6, 6.07) is 19.7. The Balaban J connectivity index is 1.25. The number of non-ortho nitro benzene ring substituents is 1. The number of carbonyl (C=O) groups excluding carboxylic acids is 2. The fraction of sp³-hybridized carbons (Fsp3) is 0.259. The van der Waals surface area contributed by atoms with Crippen LogP contribution >= 0.6 is 0 Å². The van der Waals surface area contributed by atoms with Crippen LogP contribution in [0.3, 0.4) is 0 Å². The van der Waals surface area contributed by atoms with E-state index in [1.807, 2.05) is 48.2 Å². The highest BCUT2D eigenvalue weighted by molar-refractivity contribution is 5.98. The molecule has 3 aromatic rings. The molecule has 9 nitrogen and oxygen atoms in total. The lowest BCUT2D eigenvalue weighted by Crippen LogP contribution is -2.48. The first-order valence-corrected chi connectivity index (χ1v) is 11.8. The summed E-state index contributed by atoms with van der Waals surface area (Å²) < 4.78 is 5.57. The molecule has 9 heteroatoms. The van der Waals surface area contributed by atoms with Gasteiger partial charge in [-0.05, 0) is 54.4 Å². The third-order valence-electron chi connectivity index (χ3n) is 6.56. The number of amides is 2. The highest BCUT2D eigenvalue weighted by Crippen LogP contribution is 2.34. The van der Waals surface area contributed by atoms with Crippen LogP contribution in [-0.4, -0.2) is 54.4 Å². The fourth-order valence-corrected chi connectivity index (χ4v) is 4.61. The van der Waals surface area contributed by atoms with Gasteiger partial charge in [0, 0.05) is 49.6 Å². The fourth-order valence-electron chi connectivity index (χ4n) is 4.61. The van der Waals surface area contributed by atoms with Gasteiger partial charge in [0.1, 0.15) is 5.75 Å². The number of hydrogen-bond acceptors (Lipinski definition) is 6. The molecule has 3 aromatic carbocycles. The number of nitro groups is 1. The van der Waals surface area contributed by atoms with E-state index >= 15 is 0 Å². The lowest BCUT2D eigenvalue weighted by molar-refractivity contribution is -0.384. The molecule has 0 bridgehead atoms. The summed E-state index contributed by atoms with van der Waals surface area (Å²) in [7, 11) is 0. The Hall–Kier alpha value is -4.40. The normalized spacial score (nSPS) is 15.4. The average Bonchev–Trinajstić information content (AvgIpc) is 2.90. The van der Waals surface area contributed by atoms with Crippen molar-refractivity contribution >= 4 is 28.9 Å². The minimum atomic E-state index is -0.413. The number of fused-ring (bicyclic) bond motifs is 1. The highest BCUT2D eigenvalue weighted by atomic mass is 16.6. The van der Waals surface area contributed by atoms with Crippen LogP contribution in [0.25, 0.3) is 0 Å². The zero-order chi connectivity index (χ0) is 25.2. The first kappa shape index (κ1) is 23.3. The molecule has 0 spiro atoms. The van der Waals surface area contributed by atoms with Crippen molar-refractivity contribution in [2.45, 2.75) is 13.5 Å². The van der Waals surface area contributed by atoms with E-state index in [0.29, 0.717) is 44.0 Å². The smallest absolute Gasteiger partial charge is 0.269 e. The summed E-state index contributed by atoms with van der Waals surface area (Å²) in [5.74, 6) is 0.510. The summed E-state index contributed by atoms with van der Waals surface area (Å²) in [5.41, 5.74) is 4.19. The van der Waals surface area contributed by atoms with E-state index in [4.69, 9.17) is 4.74 Å². The number of benzene rings is 3. The molecule has 36 heavy (non-hydrogen) atoms. The first-order valence-electron chi connectivity index (χ1n) is 11.8. The molecule has 0 N–H and O–H groups in total. The van der Waals surface area contributed by atoms with Crippen LogP contribution in [0.1, 0.15) is 21.5 Å². The second-order valence-corrected chi connectivity index (χ2v) is 8.99. The van der Waals surface area contributed by atoms with E-state index in [-0.39, 0.29) is 24.1 Å². The summed E-state index contributed by atoms with van der Waals surface area (Å²) >= 11 is 0. The number of hydrogen-bond donors (Lipinski definition) is 0. The zero-order valence-electron chi connectivity index (χ0n) is 19.9. The van der Waals surface area contributed by atoms with E-state index in [9.17, 15) is 19.7 Å². The van der Waals surface area contributed by atoms with E-state index in [0.717, 1.165) is 22.5 Å². The van der Waals surface area contributed by atoms with Crippen LogP contribution in [-0.2, 0) is 11.3 Å². The van der Waals surface area contributed by atoms with Crippen LogP contribution < -0.4 is 14.5 Å². The summed E-state index contributed by atoms with van der Waals surface area (Å²) in [5, 5.41) is 10.9. The van der Waals surface area contributed by atoms with Gasteiger partial charge < -0.3 is 19.4 Å². The predicted octanol–water partition coefficient (Wildman–Crippen LogP) is 3.79.